The molecule has 0 aliphatic heterocycles. The Bertz CT molecular complexity index is 314. The summed E-state index contributed by atoms with van der Waals surface area (Å²) in [5.41, 5.74) is 8.41. The molecule has 90 valence electrons. The van der Waals surface area contributed by atoms with Gasteiger partial charge in [-0.1, -0.05) is 19.1 Å². The van der Waals surface area contributed by atoms with E-state index in [1.807, 2.05) is 0 Å². The van der Waals surface area contributed by atoms with Crippen molar-refractivity contribution in [1.29, 1.82) is 0 Å². The van der Waals surface area contributed by atoms with Crippen molar-refractivity contribution in [2.24, 2.45) is 5.73 Å². The second-order valence-corrected chi connectivity index (χ2v) is 4.93. The lowest BCUT2D eigenvalue weighted by Crippen LogP contribution is -2.42. The van der Waals surface area contributed by atoms with Crippen LogP contribution in [0.3, 0.4) is 0 Å². The van der Waals surface area contributed by atoms with Crippen LogP contribution in [0.4, 0.5) is 5.69 Å². The number of nitrogens with zero attached hydrogens (tertiary/aromatic N) is 1. The van der Waals surface area contributed by atoms with Crippen molar-refractivity contribution >= 4 is 5.69 Å². The van der Waals surface area contributed by atoms with Gasteiger partial charge in [-0.2, -0.15) is 0 Å². The summed E-state index contributed by atoms with van der Waals surface area (Å²) < 4.78 is 0. The highest BCUT2D eigenvalue weighted by Crippen LogP contribution is 2.24. The Morgan fingerprint density at radius 3 is 2.19 bits per heavy atom. The molecule has 1 aromatic carbocycles. The summed E-state index contributed by atoms with van der Waals surface area (Å²) in [4.78, 5) is 2.30. The second kappa shape index (κ2) is 5.35. The van der Waals surface area contributed by atoms with Crippen molar-refractivity contribution in [1.82, 2.24) is 0 Å². The lowest BCUT2D eigenvalue weighted by atomic mass is 9.97. The molecule has 2 heteroatoms. The van der Waals surface area contributed by atoms with Gasteiger partial charge >= 0.3 is 0 Å². The fourth-order valence-electron chi connectivity index (χ4n) is 1.83. The molecule has 2 nitrogen and oxygen atoms in total. The predicted molar refractivity (Wildman–Crippen MR) is 72.0 cm³/mol. The Morgan fingerprint density at radius 2 is 1.75 bits per heavy atom. The molecule has 16 heavy (non-hydrogen) atoms. The van der Waals surface area contributed by atoms with Crippen LogP contribution in [0.1, 0.15) is 32.8 Å². The van der Waals surface area contributed by atoms with Crippen molar-refractivity contribution in [3.63, 3.8) is 0 Å². The van der Waals surface area contributed by atoms with Crippen LogP contribution < -0.4 is 10.6 Å². The van der Waals surface area contributed by atoms with Crippen LogP contribution in [-0.2, 0) is 6.42 Å². The van der Waals surface area contributed by atoms with Crippen molar-refractivity contribution < 1.29 is 0 Å². The highest BCUT2D eigenvalue weighted by atomic mass is 15.2. The second-order valence-electron chi connectivity index (χ2n) is 4.93. The molecule has 0 aliphatic carbocycles. The quantitative estimate of drug-likeness (QED) is 0.826. The number of hydrogen-bond donors (Lipinski definition) is 1. The van der Waals surface area contributed by atoms with Crippen LogP contribution in [0.2, 0.25) is 0 Å². The minimum absolute atomic E-state index is 0.114. The molecule has 2 N–H and O–H groups in total. The Kier molecular flexibility index (Phi) is 4.36. The summed E-state index contributed by atoms with van der Waals surface area (Å²) in [7, 11) is 2.14. The summed E-state index contributed by atoms with van der Waals surface area (Å²) in [6.45, 7) is 7.36. The van der Waals surface area contributed by atoms with Crippen molar-refractivity contribution in [2.45, 2.75) is 39.2 Å². The average Bonchev–Trinajstić information content (AvgIpc) is 2.28. The molecule has 0 radical (unpaired) electrons. The maximum absolute atomic E-state index is 5.65. The minimum Gasteiger partial charge on any atom is -0.369 e. The van der Waals surface area contributed by atoms with Crippen molar-refractivity contribution in [3.8, 4) is 0 Å². The largest absolute Gasteiger partial charge is 0.369 e. The third-order valence-electron chi connectivity index (χ3n) is 3.40. The zero-order chi connectivity index (χ0) is 12.2. The monoisotopic (exact) mass is 220 g/mol. The fraction of sp³-hybridized carbons (Fsp3) is 0.571. The summed E-state index contributed by atoms with van der Waals surface area (Å²) >= 11 is 0. The summed E-state index contributed by atoms with van der Waals surface area (Å²) in [5.74, 6) is 0. The molecule has 0 unspecified atom stereocenters. The zero-order valence-electron chi connectivity index (χ0n) is 11.0. The lowest BCUT2D eigenvalue weighted by molar-refractivity contribution is 0.456. The molecule has 0 saturated heterocycles. The standard InChI is InChI=1S/C14H24N2/c1-5-12-6-8-13(9-7-12)16(4)14(2,3)10-11-15/h6-9H,5,10-11,15H2,1-4H3. The van der Waals surface area contributed by atoms with Crippen molar-refractivity contribution in [2.75, 3.05) is 18.5 Å². The van der Waals surface area contributed by atoms with Crippen LogP contribution in [0.25, 0.3) is 0 Å². The van der Waals surface area contributed by atoms with Gasteiger partial charge in [0, 0.05) is 18.3 Å². The van der Waals surface area contributed by atoms with Crippen molar-refractivity contribution in [3.05, 3.63) is 29.8 Å². The fourth-order valence-corrected chi connectivity index (χ4v) is 1.83. The summed E-state index contributed by atoms with van der Waals surface area (Å²) in [6, 6.07) is 8.78. The Balaban J connectivity index is 2.83. The molecular formula is C14H24N2. The van der Waals surface area contributed by atoms with Gasteiger partial charge in [-0.05, 0) is 50.9 Å². The van der Waals surface area contributed by atoms with E-state index in [9.17, 15) is 0 Å². The van der Waals surface area contributed by atoms with Crippen LogP contribution >= 0.6 is 0 Å². The first-order valence-electron chi connectivity index (χ1n) is 6.04. The maximum Gasteiger partial charge on any atom is 0.0368 e. The van der Waals surface area contributed by atoms with E-state index < -0.39 is 0 Å². The number of rotatable bonds is 5. The topological polar surface area (TPSA) is 29.3 Å². The highest BCUT2D eigenvalue weighted by Gasteiger charge is 2.22. The highest BCUT2D eigenvalue weighted by molar-refractivity contribution is 5.49. The minimum atomic E-state index is 0.114. The van der Waals surface area contributed by atoms with E-state index in [1.165, 1.54) is 11.3 Å². The van der Waals surface area contributed by atoms with Crippen LogP contribution in [0, 0.1) is 0 Å². The molecule has 1 rings (SSSR count). The Morgan fingerprint density at radius 1 is 1.19 bits per heavy atom. The number of anilines is 1. The van der Waals surface area contributed by atoms with Crippen LogP contribution in [-0.4, -0.2) is 19.1 Å². The molecule has 1 aromatic rings. The van der Waals surface area contributed by atoms with Gasteiger partial charge in [0.2, 0.25) is 0 Å². The number of hydrogen-bond acceptors (Lipinski definition) is 2. The molecule has 0 fully saturated rings. The van der Waals surface area contributed by atoms with Crippen LogP contribution in [0.5, 0.6) is 0 Å². The van der Waals surface area contributed by atoms with Crippen LogP contribution in [0.15, 0.2) is 24.3 Å². The molecule has 0 atom stereocenters. The normalized spacial score (nSPS) is 11.6. The van der Waals surface area contributed by atoms with Gasteiger partial charge in [0.15, 0.2) is 0 Å². The number of aryl methyl sites for hydroxylation is 1. The lowest BCUT2D eigenvalue weighted by Gasteiger charge is -2.37. The molecule has 0 aromatic heterocycles. The predicted octanol–water partition coefficient (Wildman–Crippen LogP) is 2.81. The van der Waals surface area contributed by atoms with E-state index in [1.54, 1.807) is 0 Å². The molecule has 0 amide bonds. The molecule has 0 saturated carbocycles. The van der Waals surface area contributed by atoms with E-state index in [0.29, 0.717) is 0 Å². The van der Waals surface area contributed by atoms with Gasteiger partial charge in [0.1, 0.15) is 0 Å². The van der Waals surface area contributed by atoms with E-state index in [2.05, 4.69) is 57.0 Å². The zero-order valence-corrected chi connectivity index (χ0v) is 11.0. The van der Waals surface area contributed by atoms with Gasteiger partial charge in [0.05, 0.1) is 0 Å². The average molecular weight is 220 g/mol. The van der Waals surface area contributed by atoms with Gasteiger partial charge in [-0.15, -0.1) is 0 Å². The molecule has 0 spiro atoms. The number of benzene rings is 1. The third kappa shape index (κ3) is 2.99. The van der Waals surface area contributed by atoms with Gasteiger partial charge in [0.25, 0.3) is 0 Å². The maximum atomic E-state index is 5.65. The summed E-state index contributed by atoms with van der Waals surface area (Å²) in [5, 5.41) is 0. The van der Waals surface area contributed by atoms with E-state index in [0.717, 1.165) is 19.4 Å². The Labute approximate surface area is 99.5 Å². The van der Waals surface area contributed by atoms with E-state index in [4.69, 9.17) is 5.73 Å². The molecular weight excluding hydrogens is 196 g/mol. The third-order valence-corrected chi connectivity index (χ3v) is 3.40. The van der Waals surface area contributed by atoms with Gasteiger partial charge < -0.3 is 10.6 Å². The molecule has 0 aliphatic rings. The van der Waals surface area contributed by atoms with Gasteiger partial charge in [-0.25, -0.2) is 0 Å². The molecule has 0 bridgehead atoms. The first-order valence-corrected chi connectivity index (χ1v) is 6.04. The van der Waals surface area contributed by atoms with E-state index in [-0.39, 0.29) is 5.54 Å². The smallest absolute Gasteiger partial charge is 0.0368 e. The first kappa shape index (κ1) is 13.0. The van der Waals surface area contributed by atoms with Gasteiger partial charge in [-0.3, -0.25) is 0 Å². The summed E-state index contributed by atoms with van der Waals surface area (Å²) in [6.07, 6.45) is 2.09. The Hall–Kier alpha value is -1.02. The first-order chi connectivity index (χ1) is 7.51. The SMILES string of the molecule is CCc1ccc(N(C)C(C)(C)CCN)cc1. The molecule has 0 heterocycles. The van der Waals surface area contributed by atoms with E-state index >= 15 is 0 Å². The number of nitrogens with two attached hydrogens (primary N) is 1.